The van der Waals surface area contributed by atoms with Gasteiger partial charge in [-0.2, -0.15) is 0 Å². The Bertz CT molecular complexity index is 1390. The van der Waals surface area contributed by atoms with E-state index in [1.807, 2.05) is 29.2 Å². The van der Waals surface area contributed by atoms with E-state index in [-0.39, 0.29) is 13.0 Å². The second kappa shape index (κ2) is 12.0. The minimum absolute atomic E-state index is 0.0543. The van der Waals surface area contributed by atoms with Gasteiger partial charge in [0.15, 0.2) is 6.29 Å². The first-order valence-electron chi connectivity index (χ1n) is 14.0. The zero-order valence-electron chi connectivity index (χ0n) is 23.5. The van der Waals surface area contributed by atoms with Crippen molar-refractivity contribution in [3.8, 4) is 28.4 Å². The SMILES string of the molecule is COc1cc(OCc2cccc(-c3cccc(OCCCN4CCC(F)(F)C4)c3C)c2C)c2c(c1C=O)CCC2. The van der Waals surface area contributed by atoms with Crippen LogP contribution in [0.1, 0.15) is 57.4 Å². The molecule has 0 spiro atoms. The fourth-order valence-electron chi connectivity index (χ4n) is 5.99. The highest BCUT2D eigenvalue weighted by Gasteiger charge is 2.37. The third kappa shape index (κ3) is 5.85. The number of ether oxygens (including phenoxy) is 3. The predicted molar refractivity (Wildman–Crippen MR) is 152 cm³/mol. The highest BCUT2D eigenvalue weighted by molar-refractivity contribution is 5.84. The molecule has 0 saturated carbocycles. The summed E-state index contributed by atoms with van der Waals surface area (Å²) in [6.45, 7) is 5.95. The Labute approximate surface area is 235 Å². The normalized spacial score (nSPS) is 16.1. The van der Waals surface area contributed by atoms with Gasteiger partial charge < -0.3 is 14.2 Å². The lowest BCUT2D eigenvalue weighted by molar-refractivity contribution is 0.0118. The monoisotopic (exact) mass is 549 g/mol. The van der Waals surface area contributed by atoms with Gasteiger partial charge in [0.05, 0.1) is 25.8 Å². The fourth-order valence-corrected chi connectivity index (χ4v) is 5.99. The number of hydrogen-bond donors (Lipinski definition) is 0. The number of carbonyl (C=O) groups is 1. The van der Waals surface area contributed by atoms with E-state index < -0.39 is 5.92 Å². The molecule has 1 fully saturated rings. The van der Waals surface area contributed by atoms with Crippen molar-refractivity contribution in [3.05, 3.63) is 75.8 Å². The zero-order valence-corrected chi connectivity index (χ0v) is 23.5. The van der Waals surface area contributed by atoms with Gasteiger partial charge in [0.2, 0.25) is 0 Å². The Hall–Kier alpha value is -3.45. The molecule has 0 bridgehead atoms. The average molecular weight is 550 g/mol. The molecule has 0 radical (unpaired) electrons. The van der Waals surface area contributed by atoms with Crippen LogP contribution in [0.5, 0.6) is 17.2 Å². The van der Waals surface area contributed by atoms with Crippen LogP contribution in [0.4, 0.5) is 8.78 Å². The summed E-state index contributed by atoms with van der Waals surface area (Å²) in [5.41, 5.74) is 8.24. The van der Waals surface area contributed by atoms with Crippen molar-refractivity contribution >= 4 is 6.29 Å². The quantitative estimate of drug-likeness (QED) is 0.191. The van der Waals surface area contributed by atoms with Crippen LogP contribution < -0.4 is 14.2 Å². The van der Waals surface area contributed by atoms with Crippen LogP contribution in [-0.4, -0.2) is 50.5 Å². The molecule has 1 aliphatic carbocycles. The first-order chi connectivity index (χ1) is 19.3. The smallest absolute Gasteiger partial charge is 0.261 e. The molecule has 1 heterocycles. The number of halogens is 2. The molecular formula is C33H37F2NO4. The predicted octanol–water partition coefficient (Wildman–Crippen LogP) is 6.97. The molecule has 1 saturated heterocycles. The second-order valence-corrected chi connectivity index (χ2v) is 10.8. The van der Waals surface area contributed by atoms with E-state index in [1.54, 1.807) is 7.11 Å². The van der Waals surface area contributed by atoms with Crippen molar-refractivity contribution in [3.63, 3.8) is 0 Å². The number of carbonyl (C=O) groups excluding carboxylic acids is 1. The highest BCUT2D eigenvalue weighted by Crippen LogP contribution is 2.39. The molecule has 0 N–H and O–H groups in total. The summed E-state index contributed by atoms with van der Waals surface area (Å²) in [6, 6.07) is 14.1. The molecule has 1 aliphatic heterocycles. The molecule has 0 amide bonds. The number of methoxy groups -OCH3 is 1. The molecule has 5 nitrogen and oxygen atoms in total. The molecule has 0 aromatic heterocycles. The summed E-state index contributed by atoms with van der Waals surface area (Å²) in [5, 5.41) is 0. The van der Waals surface area contributed by atoms with Gasteiger partial charge in [-0.05, 0) is 84.5 Å². The van der Waals surface area contributed by atoms with Crippen LogP contribution in [0.25, 0.3) is 11.1 Å². The van der Waals surface area contributed by atoms with Gasteiger partial charge in [-0.1, -0.05) is 30.3 Å². The van der Waals surface area contributed by atoms with Gasteiger partial charge in [-0.3, -0.25) is 9.69 Å². The third-order valence-corrected chi connectivity index (χ3v) is 8.23. The number of benzene rings is 3. The molecule has 40 heavy (non-hydrogen) atoms. The van der Waals surface area contributed by atoms with Crippen molar-refractivity contribution < 1.29 is 27.8 Å². The average Bonchev–Trinajstić information content (AvgIpc) is 3.57. The zero-order chi connectivity index (χ0) is 28.3. The molecule has 3 aromatic rings. The van der Waals surface area contributed by atoms with E-state index >= 15 is 0 Å². The van der Waals surface area contributed by atoms with Crippen LogP contribution in [0, 0.1) is 13.8 Å². The number of nitrogens with zero attached hydrogens (tertiary/aromatic N) is 1. The Morgan fingerprint density at radius 2 is 1.70 bits per heavy atom. The van der Waals surface area contributed by atoms with Crippen molar-refractivity contribution in [2.24, 2.45) is 0 Å². The third-order valence-electron chi connectivity index (χ3n) is 8.23. The minimum Gasteiger partial charge on any atom is -0.496 e. The number of rotatable bonds is 11. The number of aldehydes is 1. The van der Waals surface area contributed by atoms with E-state index in [4.69, 9.17) is 14.2 Å². The number of hydrogen-bond acceptors (Lipinski definition) is 5. The lowest BCUT2D eigenvalue weighted by atomic mass is 9.93. The van der Waals surface area contributed by atoms with Crippen molar-refractivity contribution in [1.82, 2.24) is 4.90 Å². The molecule has 0 unspecified atom stereocenters. The van der Waals surface area contributed by atoms with E-state index in [0.717, 1.165) is 76.0 Å². The Kier molecular flexibility index (Phi) is 8.40. The Balaban J connectivity index is 1.28. The largest absolute Gasteiger partial charge is 0.496 e. The topological polar surface area (TPSA) is 48.0 Å². The maximum absolute atomic E-state index is 13.4. The molecule has 2 aliphatic rings. The van der Waals surface area contributed by atoms with Crippen LogP contribution >= 0.6 is 0 Å². The number of likely N-dealkylation sites (tertiary alicyclic amines) is 1. The first kappa shape index (κ1) is 28.1. The molecular weight excluding hydrogens is 512 g/mol. The summed E-state index contributed by atoms with van der Waals surface area (Å²) in [5.74, 6) is -0.411. The van der Waals surface area contributed by atoms with E-state index in [1.165, 1.54) is 0 Å². The standard InChI is InChI=1S/C33H37F2NO4/c1-22-24(20-40-32-18-31(38-3)29(19-37)27-11-5-12-28(27)32)8-4-9-25(22)26-10-6-13-30(23(26)2)39-17-7-15-36-16-14-33(34,35)21-36/h4,6,8-10,13,18-19H,5,7,11-12,14-17,20-21H2,1-3H3. The molecule has 3 aromatic carbocycles. The van der Waals surface area contributed by atoms with Gasteiger partial charge in [0.1, 0.15) is 23.9 Å². The van der Waals surface area contributed by atoms with Crippen LogP contribution in [-0.2, 0) is 19.4 Å². The van der Waals surface area contributed by atoms with E-state index in [2.05, 4.69) is 32.0 Å². The Morgan fingerprint density at radius 1 is 0.950 bits per heavy atom. The first-order valence-corrected chi connectivity index (χ1v) is 14.0. The molecule has 7 heteroatoms. The van der Waals surface area contributed by atoms with Crippen LogP contribution in [0.2, 0.25) is 0 Å². The van der Waals surface area contributed by atoms with Gasteiger partial charge in [-0.15, -0.1) is 0 Å². The number of fused-ring (bicyclic) bond motifs is 1. The summed E-state index contributed by atoms with van der Waals surface area (Å²) >= 11 is 0. The lowest BCUT2D eigenvalue weighted by Gasteiger charge is -2.19. The van der Waals surface area contributed by atoms with Crippen molar-refractivity contribution in [2.75, 3.05) is 33.4 Å². The van der Waals surface area contributed by atoms with Crippen molar-refractivity contribution in [2.45, 2.75) is 58.5 Å². The second-order valence-electron chi connectivity index (χ2n) is 10.8. The summed E-state index contributed by atoms with van der Waals surface area (Å²) in [6.07, 6.45) is 4.28. The number of alkyl halides is 2. The minimum atomic E-state index is -2.56. The van der Waals surface area contributed by atoms with Crippen LogP contribution in [0.3, 0.4) is 0 Å². The van der Waals surface area contributed by atoms with Gasteiger partial charge >= 0.3 is 0 Å². The fraction of sp³-hybridized carbons (Fsp3) is 0.424. The summed E-state index contributed by atoms with van der Waals surface area (Å²) in [4.78, 5) is 13.5. The van der Waals surface area contributed by atoms with E-state index in [9.17, 15) is 13.6 Å². The molecule has 212 valence electrons. The van der Waals surface area contributed by atoms with Gasteiger partial charge in [0, 0.05) is 25.6 Å². The summed E-state index contributed by atoms with van der Waals surface area (Å²) in [7, 11) is 1.58. The van der Waals surface area contributed by atoms with Crippen LogP contribution in [0.15, 0.2) is 42.5 Å². The maximum atomic E-state index is 13.4. The van der Waals surface area contributed by atoms with Gasteiger partial charge in [0.25, 0.3) is 5.92 Å². The highest BCUT2D eigenvalue weighted by atomic mass is 19.3. The maximum Gasteiger partial charge on any atom is 0.261 e. The molecule has 5 rings (SSSR count). The Morgan fingerprint density at radius 3 is 2.42 bits per heavy atom. The molecule has 0 atom stereocenters. The van der Waals surface area contributed by atoms with E-state index in [0.29, 0.717) is 44.0 Å². The lowest BCUT2D eigenvalue weighted by Crippen LogP contribution is -2.27. The van der Waals surface area contributed by atoms with Gasteiger partial charge in [-0.25, -0.2) is 8.78 Å². The van der Waals surface area contributed by atoms with Crippen molar-refractivity contribution in [1.29, 1.82) is 0 Å². The summed E-state index contributed by atoms with van der Waals surface area (Å²) < 4.78 is 44.8.